The van der Waals surface area contributed by atoms with Crippen LogP contribution in [0.1, 0.15) is 43.2 Å². The molecule has 0 spiro atoms. The van der Waals surface area contributed by atoms with Crippen LogP contribution in [0, 0.1) is 12.8 Å². The Labute approximate surface area is 183 Å². The van der Waals surface area contributed by atoms with Gasteiger partial charge in [-0.15, -0.1) is 0 Å². The number of hydrogen-bond acceptors (Lipinski definition) is 4. The number of carbonyl (C=O) groups is 1. The van der Waals surface area contributed by atoms with Gasteiger partial charge in [-0.25, -0.2) is 0 Å². The molecule has 0 aromatic heterocycles. The fourth-order valence-corrected chi connectivity index (χ4v) is 5.60. The van der Waals surface area contributed by atoms with Crippen LogP contribution in [0.3, 0.4) is 0 Å². The standard InChI is InChI=1S/C25H40N4O/c1-20-6-4-5-7-22(20)18-27-13-10-23(11-14-27)28-15-8-21(9-16-28)25(30)29-17-12-24(19-29)26(2)3/h4-7,21,23-24H,8-19H2,1-3H3/t24-/m0/s1. The molecule has 3 aliphatic heterocycles. The predicted octanol–water partition coefficient (Wildman–Crippen LogP) is 2.83. The lowest BCUT2D eigenvalue weighted by molar-refractivity contribution is -0.136. The highest BCUT2D eigenvalue weighted by molar-refractivity contribution is 5.79. The number of likely N-dealkylation sites (tertiary alicyclic amines) is 3. The molecule has 30 heavy (non-hydrogen) atoms. The van der Waals surface area contributed by atoms with Crippen molar-refractivity contribution in [2.24, 2.45) is 5.92 Å². The molecule has 1 aromatic carbocycles. The van der Waals surface area contributed by atoms with E-state index in [9.17, 15) is 4.79 Å². The molecule has 3 aliphatic rings. The van der Waals surface area contributed by atoms with E-state index in [1.165, 1.54) is 37.1 Å². The van der Waals surface area contributed by atoms with E-state index >= 15 is 0 Å². The lowest BCUT2D eigenvalue weighted by Crippen LogP contribution is -2.49. The first kappa shape index (κ1) is 21.8. The van der Waals surface area contributed by atoms with Crippen molar-refractivity contribution in [1.29, 1.82) is 0 Å². The van der Waals surface area contributed by atoms with Crippen LogP contribution >= 0.6 is 0 Å². The molecule has 0 radical (unpaired) electrons. The van der Waals surface area contributed by atoms with Gasteiger partial charge in [0.15, 0.2) is 0 Å². The molecule has 0 bridgehead atoms. The van der Waals surface area contributed by atoms with Crippen LogP contribution in [0.15, 0.2) is 24.3 Å². The third kappa shape index (κ3) is 5.06. The van der Waals surface area contributed by atoms with Gasteiger partial charge in [0.2, 0.25) is 5.91 Å². The first-order valence-corrected chi connectivity index (χ1v) is 12.0. The molecule has 1 atom stereocenters. The largest absolute Gasteiger partial charge is 0.341 e. The minimum Gasteiger partial charge on any atom is -0.341 e. The second-order valence-corrected chi connectivity index (χ2v) is 9.93. The number of benzene rings is 1. The lowest BCUT2D eigenvalue weighted by Gasteiger charge is -2.42. The van der Waals surface area contributed by atoms with E-state index in [1.54, 1.807) is 0 Å². The quantitative estimate of drug-likeness (QED) is 0.744. The van der Waals surface area contributed by atoms with Crippen molar-refractivity contribution in [3.8, 4) is 0 Å². The summed E-state index contributed by atoms with van der Waals surface area (Å²) in [6.07, 6.45) is 5.75. The zero-order valence-corrected chi connectivity index (χ0v) is 19.2. The topological polar surface area (TPSA) is 30.0 Å². The summed E-state index contributed by atoms with van der Waals surface area (Å²) in [6.45, 7) is 9.76. The fraction of sp³-hybridized carbons (Fsp3) is 0.720. The van der Waals surface area contributed by atoms with Crippen LogP contribution in [-0.2, 0) is 11.3 Å². The van der Waals surface area contributed by atoms with Gasteiger partial charge >= 0.3 is 0 Å². The van der Waals surface area contributed by atoms with E-state index in [1.807, 2.05) is 0 Å². The number of likely N-dealkylation sites (N-methyl/N-ethyl adjacent to an activating group) is 1. The summed E-state index contributed by atoms with van der Waals surface area (Å²) in [5, 5.41) is 0. The van der Waals surface area contributed by atoms with Crippen molar-refractivity contribution < 1.29 is 4.79 Å². The summed E-state index contributed by atoms with van der Waals surface area (Å²) < 4.78 is 0. The fourth-order valence-electron chi connectivity index (χ4n) is 5.60. The molecule has 5 nitrogen and oxygen atoms in total. The van der Waals surface area contributed by atoms with Gasteiger partial charge in [0.1, 0.15) is 0 Å². The third-order valence-corrected chi connectivity index (χ3v) is 7.81. The number of piperidine rings is 2. The van der Waals surface area contributed by atoms with E-state index < -0.39 is 0 Å². The van der Waals surface area contributed by atoms with Crippen molar-refractivity contribution in [3.63, 3.8) is 0 Å². The molecular formula is C25H40N4O. The van der Waals surface area contributed by atoms with Gasteiger partial charge in [-0.2, -0.15) is 0 Å². The van der Waals surface area contributed by atoms with E-state index in [0.29, 0.717) is 18.0 Å². The molecule has 0 unspecified atom stereocenters. The number of rotatable bonds is 5. The molecule has 0 aliphatic carbocycles. The summed E-state index contributed by atoms with van der Waals surface area (Å²) in [5.74, 6) is 0.676. The molecule has 3 fully saturated rings. The summed E-state index contributed by atoms with van der Waals surface area (Å²) >= 11 is 0. The zero-order valence-electron chi connectivity index (χ0n) is 19.2. The first-order chi connectivity index (χ1) is 14.5. The monoisotopic (exact) mass is 412 g/mol. The molecule has 0 N–H and O–H groups in total. The Balaban J connectivity index is 1.20. The lowest BCUT2D eigenvalue weighted by atomic mass is 9.92. The number of amides is 1. The number of hydrogen-bond donors (Lipinski definition) is 0. The number of aryl methyl sites for hydroxylation is 1. The second kappa shape index (κ2) is 9.80. The van der Waals surface area contributed by atoms with Crippen molar-refractivity contribution >= 4 is 5.91 Å². The molecule has 1 amide bonds. The smallest absolute Gasteiger partial charge is 0.225 e. The van der Waals surface area contributed by atoms with Crippen LogP contribution < -0.4 is 0 Å². The maximum atomic E-state index is 13.0. The average molecular weight is 413 g/mol. The summed E-state index contributed by atoms with van der Waals surface area (Å²) in [5.41, 5.74) is 2.87. The minimum absolute atomic E-state index is 0.253. The maximum absolute atomic E-state index is 13.0. The van der Waals surface area contributed by atoms with E-state index in [4.69, 9.17) is 0 Å². The van der Waals surface area contributed by atoms with E-state index in [2.05, 4.69) is 64.9 Å². The van der Waals surface area contributed by atoms with Gasteiger partial charge in [0, 0.05) is 37.6 Å². The van der Waals surface area contributed by atoms with Gasteiger partial charge in [-0.1, -0.05) is 24.3 Å². The Morgan fingerprint density at radius 1 is 0.967 bits per heavy atom. The summed E-state index contributed by atoms with van der Waals surface area (Å²) in [6, 6.07) is 10.0. The van der Waals surface area contributed by atoms with Crippen molar-refractivity contribution in [1.82, 2.24) is 19.6 Å². The Hall–Kier alpha value is -1.43. The normalized spacial score (nSPS) is 25.3. The Kier molecular flexibility index (Phi) is 7.12. The highest BCUT2D eigenvalue weighted by Gasteiger charge is 2.35. The Morgan fingerprint density at radius 2 is 1.67 bits per heavy atom. The Bertz CT molecular complexity index is 705. The highest BCUT2D eigenvalue weighted by atomic mass is 16.2. The highest BCUT2D eigenvalue weighted by Crippen LogP contribution is 2.27. The molecular weight excluding hydrogens is 372 g/mol. The van der Waals surface area contributed by atoms with Crippen LogP contribution in [0.2, 0.25) is 0 Å². The van der Waals surface area contributed by atoms with Crippen LogP contribution in [0.25, 0.3) is 0 Å². The van der Waals surface area contributed by atoms with Gasteiger partial charge in [-0.3, -0.25) is 9.69 Å². The van der Waals surface area contributed by atoms with Crippen LogP contribution in [0.5, 0.6) is 0 Å². The minimum atomic E-state index is 0.253. The molecule has 166 valence electrons. The molecule has 0 saturated carbocycles. The van der Waals surface area contributed by atoms with E-state index in [-0.39, 0.29) is 5.92 Å². The van der Waals surface area contributed by atoms with Crippen LogP contribution in [-0.4, -0.2) is 91.0 Å². The van der Waals surface area contributed by atoms with Gasteiger partial charge in [0.05, 0.1) is 0 Å². The molecule has 1 aromatic rings. The maximum Gasteiger partial charge on any atom is 0.225 e. The third-order valence-electron chi connectivity index (χ3n) is 7.81. The molecule has 5 heteroatoms. The predicted molar refractivity (Wildman–Crippen MR) is 122 cm³/mol. The summed E-state index contributed by atoms with van der Waals surface area (Å²) in [7, 11) is 4.26. The number of carbonyl (C=O) groups excluding carboxylic acids is 1. The van der Waals surface area contributed by atoms with Gasteiger partial charge in [0.25, 0.3) is 0 Å². The van der Waals surface area contributed by atoms with Crippen molar-refractivity contribution in [3.05, 3.63) is 35.4 Å². The average Bonchev–Trinajstić information content (AvgIpc) is 3.26. The molecule has 3 heterocycles. The first-order valence-electron chi connectivity index (χ1n) is 12.0. The van der Waals surface area contributed by atoms with Crippen molar-refractivity contribution in [2.75, 3.05) is 53.4 Å². The van der Waals surface area contributed by atoms with Gasteiger partial charge < -0.3 is 14.7 Å². The molecule has 3 saturated heterocycles. The van der Waals surface area contributed by atoms with Crippen LogP contribution in [0.4, 0.5) is 0 Å². The number of nitrogens with zero attached hydrogens (tertiary/aromatic N) is 4. The zero-order chi connectivity index (χ0) is 21.1. The van der Waals surface area contributed by atoms with E-state index in [0.717, 1.165) is 52.0 Å². The SMILES string of the molecule is Cc1ccccc1CN1CCC(N2CCC(C(=O)N3CC[C@H](N(C)C)C3)CC2)CC1. The Morgan fingerprint density at radius 3 is 2.30 bits per heavy atom. The second-order valence-electron chi connectivity index (χ2n) is 9.93. The van der Waals surface area contributed by atoms with Crippen molar-refractivity contribution in [2.45, 2.75) is 57.7 Å². The van der Waals surface area contributed by atoms with Gasteiger partial charge in [-0.05, 0) is 90.4 Å². The molecule has 4 rings (SSSR count). The summed E-state index contributed by atoms with van der Waals surface area (Å²) in [4.78, 5) is 22.7.